The molecule has 5 aromatic rings. The maximum atomic E-state index is 13.5. The van der Waals surface area contributed by atoms with Gasteiger partial charge in [-0.3, -0.25) is 14.3 Å². The molecule has 0 radical (unpaired) electrons. The Balaban J connectivity index is 1.71. The Kier molecular flexibility index (Phi) is 4.62. The van der Waals surface area contributed by atoms with Gasteiger partial charge in [0.15, 0.2) is 5.65 Å². The molecule has 0 saturated carbocycles. The Labute approximate surface area is 173 Å². The molecule has 5 heteroatoms. The molecule has 0 aliphatic carbocycles. The van der Waals surface area contributed by atoms with Crippen molar-refractivity contribution >= 4 is 11.2 Å². The highest BCUT2D eigenvalue weighted by Crippen LogP contribution is 2.23. The summed E-state index contributed by atoms with van der Waals surface area (Å²) < 4.78 is 1.65. The fraction of sp³-hybridized carbons (Fsp3) is 0.0400. The Morgan fingerprint density at radius 1 is 0.800 bits per heavy atom. The molecule has 30 heavy (non-hydrogen) atoms. The molecule has 2 aromatic carbocycles. The normalized spacial score (nSPS) is 10.9. The number of hydrogen-bond acceptors (Lipinski definition) is 4. The second-order valence-corrected chi connectivity index (χ2v) is 7.00. The predicted octanol–water partition coefficient (Wildman–Crippen LogP) is 4.43. The molecule has 0 amide bonds. The van der Waals surface area contributed by atoms with Crippen LogP contribution in [0.1, 0.15) is 11.3 Å². The van der Waals surface area contributed by atoms with E-state index >= 15 is 0 Å². The zero-order chi connectivity index (χ0) is 20.3. The number of fused-ring (bicyclic) bond motifs is 1. The average Bonchev–Trinajstić information content (AvgIpc) is 2.81. The van der Waals surface area contributed by atoms with Crippen molar-refractivity contribution in [3.63, 3.8) is 0 Å². The Hall–Kier alpha value is -4.12. The highest BCUT2D eigenvalue weighted by molar-refractivity contribution is 5.73. The fourth-order valence-corrected chi connectivity index (χ4v) is 3.57. The third kappa shape index (κ3) is 3.37. The average molecular weight is 390 g/mol. The molecular formula is C25H18N4O. The molecule has 0 fully saturated rings. The molecule has 0 aliphatic heterocycles. The van der Waals surface area contributed by atoms with E-state index in [2.05, 4.69) is 27.1 Å². The van der Waals surface area contributed by atoms with Crippen LogP contribution in [-0.4, -0.2) is 19.5 Å². The van der Waals surface area contributed by atoms with E-state index in [0.717, 1.165) is 22.4 Å². The van der Waals surface area contributed by atoms with Crippen molar-refractivity contribution in [1.29, 1.82) is 0 Å². The van der Waals surface area contributed by atoms with Gasteiger partial charge in [0, 0.05) is 25.0 Å². The molecule has 3 aromatic heterocycles. The standard InChI is InChI=1S/C25H18N4O/c30-25-23(15-18-7-5-13-26-17-18)28-22-12-6-14-27-24(22)29(25)21-11-4-10-20(16-21)19-8-2-1-3-9-19/h1-14,16-17H,15H2. The molecule has 5 rings (SSSR count). The van der Waals surface area contributed by atoms with Gasteiger partial charge in [0.2, 0.25) is 0 Å². The van der Waals surface area contributed by atoms with Crippen LogP contribution < -0.4 is 5.56 Å². The molecule has 0 aliphatic rings. The molecule has 0 unspecified atom stereocenters. The smallest absolute Gasteiger partial charge is 0.267 e. The summed E-state index contributed by atoms with van der Waals surface area (Å²) in [7, 11) is 0. The van der Waals surface area contributed by atoms with Crippen LogP contribution >= 0.6 is 0 Å². The maximum Gasteiger partial charge on any atom is 0.278 e. The monoisotopic (exact) mass is 390 g/mol. The minimum absolute atomic E-state index is 0.171. The van der Waals surface area contributed by atoms with Gasteiger partial charge in [-0.25, -0.2) is 9.97 Å². The third-order valence-electron chi connectivity index (χ3n) is 4.99. The Bertz CT molecular complexity index is 1380. The highest BCUT2D eigenvalue weighted by Gasteiger charge is 2.14. The summed E-state index contributed by atoms with van der Waals surface area (Å²) in [5.41, 5.74) is 5.35. The van der Waals surface area contributed by atoms with Crippen LogP contribution in [0.5, 0.6) is 0 Å². The Morgan fingerprint density at radius 3 is 2.47 bits per heavy atom. The number of hydrogen-bond donors (Lipinski definition) is 0. The zero-order valence-electron chi connectivity index (χ0n) is 16.1. The quantitative estimate of drug-likeness (QED) is 0.455. The first kappa shape index (κ1) is 17.9. The molecule has 0 atom stereocenters. The number of benzene rings is 2. The van der Waals surface area contributed by atoms with Gasteiger partial charge in [-0.05, 0) is 47.0 Å². The summed E-state index contributed by atoms with van der Waals surface area (Å²) in [6, 6.07) is 25.6. The Morgan fingerprint density at radius 2 is 1.63 bits per heavy atom. The zero-order valence-corrected chi connectivity index (χ0v) is 16.1. The van der Waals surface area contributed by atoms with Crippen LogP contribution in [0.4, 0.5) is 0 Å². The SMILES string of the molecule is O=c1c(Cc2cccnc2)nc2cccnc2n1-c1cccc(-c2ccccc2)c1. The van der Waals surface area contributed by atoms with E-state index in [1.54, 1.807) is 23.2 Å². The molecule has 0 saturated heterocycles. The molecule has 0 bridgehead atoms. The fourth-order valence-electron chi connectivity index (χ4n) is 3.57. The lowest BCUT2D eigenvalue weighted by molar-refractivity contribution is 0.925. The molecule has 3 heterocycles. The van der Waals surface area contributed by atoms with E-state index in [1.807, 2.05) is 66.7 Å². The van der Waals surface area contributed by atoms with Crippen molar-refractivity contribution in [3.8, 4) is 16.8 Å². The summed E-state index contributed by atoms with van der Waals surface area (Å²) in [6.07, 6.45) is 5.57. The second kappa shape index (κ2) is 7.72. The minimum Gasteiger partial charge on any atom is -0.267 e. The number of rotatable bonds is 4. The van der Waals surface area contributed by atoms with Crippen molar-refractivity contribution in [2.24, 2.45) is 0 Å². The van der Waals surface area contributed by atoms with Crippen molar-refractivity contribution in [1.82, 2.24) is 19.5 Å². The van der Waals surface area contributed by atoms with E-state index in [1.165, 1.54) is 0 Å². The van der Waals surface area contributed by atoms with E-state index in [4.69, 9.17) is 0 Å². The first-order valence-corrected chi connectivity index (χ1v) is 9.71. The van der Waals surface area contributed by atoms with Crippen LogP contribution in [0, 0.1) is 0 Å². The van der Waals surface area contributed by atoms with Crippen molar-refractivity contribution in [2.45, 2.75) is 6.42 Å². The van der Waals surface area contributed by atoms with Crippen molar-refractivity contribution < 1.29 is 0 Å². The van der Waals surface area contributed by atoms with Crippen molar-refractivity contribution in [3.05, 3.63) is 119 Å². The van der Waals surface area contributed by atoms with Crippen LogP contribution in [0.3, 0.4) is 0 Å². The number of nitrogens with zero attached hydrogens (tertiary/aromatic N) is 4. The first-order valence-electron chi connectivity index (χ1n) is 9.71. The lowest BCUT2D eigenvalue weighted by Crippen LogP contribution is -2.25. The summed E-state index contributed by atoms with van der Waals surface area (Å²) in [5.74, 6) is 0. The van der Waals surface area contributed by atoms with E-state index in [0.29, 0.717) is 23.3 Å². The molecule has 0 spiro atoms. The second-order valence-electron chi connectivity index (χ2n) is 7.00. The van der Waals surface area contributed by atoms with Gasteiger partial charge < -0.3 is 0 Å². The first-order chi connectivity index (χ1) is 14.8. The summed E-state index contributed by atoms with van der Waals surface area (Å²) >= 11 is 0. The maximum absolute atomic E-state index is 13.5. The van der Waals surface area contributed by atoms with Crippen molar-refractivity contribution in [2.75, 3.05) is 0 Å². The van der Waals surface area contributed by atoms with Gasteiger partial charge >= 0.3 is 0 Å². The van der Waals surface area contributed by atoms with Crippen LogP contribution in [0.15, 0.2) is 102 Å². The largest absolute Gasteiger partial charge is 0.278 e. The van der Waals surface area contributed by atoms with Gasteiger partial charge in [-0.15, -0.1) is 0 Å². The van der Waals surface area contributed by atoms with Gasteiger partial charge in [0.25, 0.3) is 5.56 Å². The van der Waals surface area contributed by atoms with E-state index < -0.39 is 0 Å². The molecule has 5 nitrogen and oxygen atoms in total. The van der Waals surface area contributed by atoms with Gasteiger partial charge in [-0.1, -0.05) is 48.5 Å². The number of aromatic nitrogens is 4. The van der Waals surface area contributed by atoms with Crippen LogP contribution in [0.2, 0.25) is 0 Å². The summed E-state index contributed by atoms with van der Waals surface area (Å²) in [4.78, 5) is 26.7. The molecule has 0 N–H and O–H groups in total. The third-order valence-corrected chi connectivity index (χ3v) is 4.99. The highest BCUT2D eigenvalue weighted by atomic mass is 16.1. The van der Waals surface area contributed by atoms with Gasteiger partial charge in [0.05, 0.1) is 5.69 Å². The summed E-state index contributed by atoms with van der Waals surface area (Å²) in [5, 5.41) is 0. The predicted molar refractivity (Wildman–Crippen MR) is 118 cm³/mol. The number of pyridine rings is 2. The topological polar surface area (TPSA) is 60.7 Å². The van der Waals surface area contributed by atoms with E-state index in [9.17, 15) is 4.79 Å². The van der Waals surface area contributed by atoms with Crippen LogP contribution in [0.25, 0.3) is 28.0 Å². The molecular weight excluding hydrogens is 372 g/mol. The van der Waals surface area contributed by atoms with Gasteiger partial charge in [-0.2, -0.15) is 0 Å². The minimum atomic E-state index is -0.171. The molecule has 144 valence electrons. The van der Waals surface area contributed by atoms with E-state index in [-0.39, 0.29) is 5.56 Å². The van der Waals surface area contributed by atoms with Gasteiger partial charge in [0.1, 0.15) is 11.2 Å². The lowest BCUT2D eigenvalue weighted by Gasteiger charge is -2.13. The van der Waals surface area contributed by atoms with Crippen LogP contribution in [-0.2, 0) is 6.42 Å². The lowest BCUT2D eigenvalue weighted by atomic mass is 10.1. The summed E-state index contributed by atoms with van der Waals surface area (Å²) in [6.45, 7) is 0.